The van der Waals surface area contributed by atoms with E-state index in [0.29, 0.717) is 11.1 Å². The first-order chi connectivity index (χ1) is 11.8. The SMILES string of the molecule is CC1CCN([C@@H]2CC[C@H](N(C)S(=O)(=O)c3ccc(Cl)c(Cl)c3)C2)CC1.Cl. The summed E-state index contributed by atoms with van der Waals surface area (Å²) in [6, 6.07) is 5.05. The lowest BCUT2D eigenvalue weighted by atomic mass is 9.97. The molecule has 0 bridgehead atoms. The van der Waals surface area contributed by atoms with Gasteiger partial charge in [-0.1, -0.05) is 30.1 Å². The highest BCUT2D eigenvalue weighted by molar-refractivity contribution is 7.89. The number of rotatable bonds is 4. The van der Waals surface area contributed by atoms with Crippen molar-refractivity contribution in [1.29, 1.82) is 0 Å². The average Bonchev–Trinajstić information content (AvgIpc) is 3.07. The van der Waals surface area contributed by atoms with Gasteiger partial charge in [0.2, 0.25) is 10.0 Å². The number of piperidine rings is 1. The van der Waals surface area contributed by atoms with Crippen molar-refractivity contribution in [2.75, 3.05) is 20.1 Å². The minimum Gasteiger partial charge on any atom is -0.300 e. The minimum atomic E-state index is -3.55. The molecule has 1 aromatic rings. The summed E-state index contributed by atoms with van der Waals surface area (Å²) < 4.78 is 27.4. The summed E-state index contributed by atoms with van der Waals surface area (Å²) in [6.45, 7) is 4.59. The largest absolute Gasteiger partial charge is 0.300 e. The van der Waals surface area contributed by atoms with E-state index in [0.717, 1.165) is 38.3 Å². The molecule has 2 atom stereocenters. The lowest BCUT2D eigenvalue weighted by Crippen LogP contribution is -2.41. The van der Waals surface area contributed by atoms with Crippen molar-refractivity contribution in [3.05, 3.63) is 28.2 Å². The summed E-state index contributed by atoms with van der Waals surface area (Å²) in [7, 11) is -1.87. The molecule has 1 aromatic carbocycles. The quantitative estimate of drug-likeness (QED) is 0.680. The van der Waals surface area contributed by atoms with E-state index in [4.69, 9.17) is 23.2 Å². The fraction of sp³-hybridized carbons (Fsp3) is 0.667. The zero-order valence-electron chi connectivity index (χ0n) is 15.2. The summed E-state index contributed by atoms with van der Waals surface area (Å²) in [5, 5.41) is 0.631. The van der Waals surface area contributed by atoms with Gasteiger partial charge in [0.15, 0.2) is 0 Å². The molecule has 0 N–H and O–H groups in total. The third-order valence-electron chi connectivity index (χ3n) is 5.79. The first kappa shape index (κ1) is 22.3. The fourth-order valence-electron chi connectivity index (χ4n) is 3.99. The monoisotopic (exact) mass is 440 g/mol. The normalized spacial score (nSPS) is 25.4. The molecule has 0 aromatic heterocycles. The second-order valence-corrected chi connectivity index (χ2v) is 10.2. The fourth-order valence-corrected chi connectivity index (χ4v) is 5.78. The maximum Gasteiger partial charge on any atom is 0.243 e. The predicted molar refractivity (Wildman–Crippen MR) is 110 cm³/mol. The van der Waals surface area contributed by atoms with Gasteiger partial charge in [-0.15, -0.1) is 12.4 Å². The maximum atomic E-state index is 12.9. The Morgan fingerprint density at radius 2 is 1.73 bits per heavy atom. The van der Waals surface area contributed by atoms with E-state index in [-0.39, 0.29) is 28.4 Å². The summed E-state index contributed by atoms with van der Waals surface area (Å²) in [4.78, 5) is 2.76. The molecular weight excluding hydrogens is 415 g/mol. The minimum absolute atomic E-state index is 0. The number of sulfonamides is 1. The van der Waals surface area contributed by atoms with E-state index >= 15 is 0 Å². The maximum absolute atomic E-state index is 12.9. The van der Waals surface area contributed by atoms with Crippen LogP contribution in [0.1, 0.15) is 39.0 Å². The zero-order chi connectivity index (χ0) is 18.2. The summed E-state index contributed by atoms with van der Waals surface area (Å²) in [6.07, 6.45) is 5.39. The van der Waals surface area contributed by atoms with Gasteiger partial charge in [-0.2, -0.15) is 4.31 Å². The van der Waals surface area contributed by atoms with Crippen molar-refractivity contribution in [1.82, 2.24) is 9.21 Å². The van der Waals surface area contributed by atoms with Gasteiger partial charge in [0, 0.05) is 19.1 Å². The number of nitrogens with zero attached hydrogens (tertiary/aromatic N) is 2. The van der Waals surface area contributed by atoms with Crippen LogP contribution in [0.25, 0.3) is 0 Å². The molecule has 1 saturated heterocycles. The van der Waals surface area contributed by atoms with Crippen LogP contribution >= 0.6 is 35.6 Å². The highest BCUT2D eigenvalue weighted by Crippen LogP contribution is 2.33. The predicted octanol–water partition coefficient (Wildman–Crippen LogP) is 4.69. The molecule has 0 unspecified atom stereocenters. The molecule has 1 aliphatic carbocycles. The molecule has 1 saturated carbocycles. The van der Waals surface area contributed by atoms with E-state index in [1.54, 1.807) is 7.05 Å². The van der Waals surface area contributed by atoms with Crippen LogP contribution in [0, 0.1) is 5.92 Å². The number of halogens is 3. The second-order valence-electron chi connectivity index (χ2n) is 7.44. The summed E-state index contributed by atoms with van der Waals surface area (Å²) >= 11 is 11.9. The van der Waals surface area contributed by atoms with Crippen LogP contribution in [0.4, 0.5) is 0 Å². The summed E-state index contributed by atoms with van der Waals surface area (Å²) in [5.41, 5.74) is 0. The van der Waals surface area contributed by atoms with Gasteiger partial charge in [0.25, 0.3) is 0 Å². The van der Waals surface area contributed by atoms with E-state index in [1.165, 1.54) is 35.3 Å². The molecule has 148 valence electrons. The highest BCUT2D eigenvalue weighted by Gasteiger charge is 2.37. The molecule has 3 rings (SSSR count). The van der Waals surface area contributed by atoms with E-state index in [1.807, 2.05) is 0 Å². The Labute approximate surface area is 173 Å². The first-order valence-electron chi connectivity index (χ1n) is 8.96. The third-order valence-corrected chi connectivity index (χ3v) is 8.44. The number of hydrogen-bond acceptors (Lipinski definition) is 3. The Morgan fingerprint density at radius 1 is 1.08 bits per heavy atom. The van der Waals surface area contributed by atoms with E-state index < -0.39 is 10.0 Å². The molecule has 1 aliphatic heterocycles. The van der Waals surface area contributed by atoms with Crippen LogP contribution in [-0.4, -0.2) is 49.8 Å². The smallest absolute Gasteiger partial charge is 0.243 e. The summed E-state index contributed by atoms with van der Waals surface area (Å²) in [5.74, 6) is 0.811. The van der Waals surface area contributed by atoms with Crippen LogP contribution < -0.4 is 0 Å². The number of benzene rings is 1. The van der Waals surface area contributed by atoms with E-state index in [2.05, 4.69) is 11.8 Å². The number of hydrogen-bond donors (Lipinski definition) is 0. The Morgan fingerprint density at radius 3 is 2.35 bits per heavy atom. The van der Waals surface area contributed by atoms with Gasteiger partial charge in [0.1, 0.15) is 0 Å². The van der Waals surface area contributed by atoms with Gasteiger partial charge in [-0.05, 0) is 69.3 Å². The standard InChI is InChI=1S/C18H26Cl2N2O2S.ClH/c1-13-7-9-22(10-8-13)15-4-3-14(11-15)21(2)25(23,24)16-5-6-17(19)18(20)12-16;/h5-6,12-15H,3-4,7-11H2,1-2H3;1H/t14-,15+;/m0./s1. The van der Waals surface area contributed by atoms with Crippen molar-refractivity contribution in [3.63, 3.8) is 0 Å². The molecule has 0 amide bonds. The first-order valence-corrected chi connectivity index (χ1v) is 11.2. The third kappa shape index (κ3) is 4.68. The number of likely N-dealkylation sites (tertiary alicyclic amines) is 1. The second kappa shape index (κ2) is 8.97. The molecule has 0 radical (unpaired) electrons. The molecular formula is C18H27Cl3N2O2S. The molecule has 2 aliphatic rings. The Hall–Kier alpha value is -0.0400. The van der Waals surface area contributed by atoms with Crippen LogP contribution in [0.3, 0.4) is 0 Å². The molecule has 4 nitrogen and oxygen atoms in total. The Kier molecular flexibility index (Phi) is 7.68. The van der Waals surface area contributed by atoms with Crippen molar-refractivity contribution in [3.8, 4) is 0 Å². The average molecular weight is 442 g/mol. The van der Waals surface area contributed by atoms with Crippen molar-refractivity contribution >= 4 is 45.6 Å². The van der Waals surface area contributed by atoms with Crippen molar-refractivity contribution in [2.45, 2.75) is 56.0 Å². The Balaban J connectivity index is 0.00000243. The lowest BCUT2D eigenvalue weighted by Gasteiger charge is -2.35. The van der Waals surface area contributed by atoms with Crippen LogP contribution in [0.15, 0.2) is 23.1 Å². The Bertz CT molecular complexity index is 721. The molecule has 0 spiro atoms. The van der Waals surface area contributed by atoms with Crippen LogP contribution in [0.2, 0.25) is 10.0 Å². The lowest BCUT2D eigenvalue weighted by molar-refractivity contribution is 0.136. The van der Waals surface area contributed by atoms with Gasteiger partial charge in [-0.3, -0.25) is 0 Å². The topological polar surface area (TPSA) is 40.6 Å². The molecule has 2 fully saturated rings. The van der Waals surface area contributed by atoms with E-state index in [9.17, 15) is 8.42 Å². The molecule has 26 heavy (non-hydrogen) atoms. The van der Waals surface area contributed by atoms with Gasteiger partial charge >= 0.3 is 0 Å². The molecule has 8 heteroatoms. The van der Waals surface area contributed by atoms with Gasteiger partial charge in [0.05, 0.1) is 14.9 Å². The van der Waals surface area contributed by atoms with Gasteiger partial charge < -0.3 is 4.90 Å². The van der Waals surface area contributed by atoms with Crippen LogP contribution in [0.5, 0.6) is 0 Å². The van der Waals surface area contributed by atoms with Crippen molar-refractivity contribution in [2.24, 2.45) is 5.92 Å². The van der Waals surface area contributed by atoms with Gasteiger partial charge in [-0.25, -0.2) is 8.42 Å². The zero-order valence-corrected chi connectivity index (χ0v) is 18.3. The highest BCUT2D eigenvalue weighted by atomic mass is 35.5. The molecule has 1 heterocycles. The van der Waals surface area contributed by atoms with Crippen LogP contribution in [-0.2, 0) is 10.0 Å². The van der Waals surface area contributed by atoms with Crippen molar-refractivity contribution < 1.29 is 8.42 Å².